The molecule has 3 aromatic rings. The Kier molecular flexibility index (Phi) is 5.91. The van der Waals surface area contributed by atoms with E-state index >= 15 is 0 Å². The predicted octanol–water partition coefficient (Wildman–Crippen LogP) is 5.05. The Morgan fingerprint density at radius 1 is 1.21 bits per heavy atom. The number of aryl methyl sites for hydroxylation is 1. The molecule has 0 aliphatic carbocycles. The first kappa shape index (κ1) is 19.6. The van der Waals surface area contributed by atoms with Gasteiger partial charge in [0.2, 0.25) is 0 Å². The molecule has 3 heterocycles. The molecule has 4 nitrogen and oxygen atoms in total. The van der Waals surface area contributed by atoms with Crippen LogP contribution in [0.3, 0.4) is 0 Å². The zero-order chi connectivity index (χ0) is 20.2. The first-order chi connectivity index (χ1) is 14.1. The number of benzene rings is 1. The second-order valence-corrected chi connectivity index (χ2v) is 8.05. The van der Waals surface area contributed by atoms with Crippen molar-refractivity contribution in [2.75, 3.05) is 13.1 Å². The van der Waals surface area contributed by atoms with Crippen molar-refractivity contribution < 1.29 is 4.79 Å². The summed E-state index contributed by atoms with van der Waals surface area (Å²) in [6, 6.07) is 15.9. The van der Waals surface area contributed by atoms with E-state index in [0.717, 1.165) is 47.8 Å². The van der Waals surface area contributed by atoms with Gasteiger partial charge >= 0.3 is 0 Å². The van der Waals surface area contributed by atoms with Crippen LogP contribution in [-0.2, 0) is 6.42 Å². The van der Waals surface area contributed by atoms with Gasteiger partial charge in [0, 0.05) is 47.8 Å². The Morgan fingerprint density at radius 3 is 2.86 bits per heavy atom. The van der Waals surface area contributed by atoms with E-state index in [-0.39, 0.29) is 11.8 Å². The zero-order valence-electron chi connectivity index (χ0n) is 16.5. The maximum absolute atomic E-state index is 12.8. The van der Waals surface area contributed by atoms with Crippen LogP contribution in [0.1, 0.15) is 51.6 Å². The van der Waals surface area contributed by atoms with Crippen LogP contribution in [0.5, 0.6) is 0 Å². The van der Waals surface area contributed by atoms with Crippen molar-refractivity contribution in [1.29, 1.82) is 0 Å². The molecule has 0 saturated carbocycles. The highest BCUT2D eigenvalue weighted by Crippen LogP contribution is 2.28. The fraction of sp³-hybridized carbons (Fsp3) is 0.292. The smallest absolute Gasteiger partial charge is 0.255 e. The minimum Gasteiger partial charge on any atom is -0.338 e. The van der Waals surface area contributed by atoms with E-state index in [1.807, 2.05) is 36.1 Å². The average Bonchev–Trinajstić information content (AvgIpc) is 2.75. The van der Waals surface area contributed by atoms with Crippen molar-refractivity contribution in [2.45, 2.75) is 32.1 Å². The molecule has 0 N–H and O–H groups in total. The van der Waals surface area contributed by atoms with Crippen LogP contribution in [0.2, 0.25) is 5.02 Å². The van der Waals surface area contributed by atoms with Crippen LogP contribution >= 0.6 is 11.6 Å². The maximum Gasteiger partial charge on any atom is 0.255 e. The molecule has 2 aromatic heterocycles. The number of hydrogen-bond donors (Lipinski definition) is 0. The molecule has 1 aliphatic rings. The zero-order valence-corrected chi connectivity index (χ0v) is 17.3. The standard InChI is InChI=1S/C24H24ClN3O/c1-17-12-18(13-19-6-2-3-9-22(19)25)14-23(27-17)21-8-5-11-28(16-21)24(29)20-7-4-10-26-15-20/h2-4,6-7,9-10,12,14-15,21H,5,8,11,13,16H2,1H3/t21-/m0/s1. The van der Waals surface area contributed by atoms with E-state index in [0.29, 0.717) is 12.1 Å². The number of carbonyl (C=O) groups excluding carboxylic acids is 1. The number of halogens is 1. The SMILES string of the molecule is Cc1cc(Cc2ccccc2Cl)cc([C@H]2CCCN(C(=O)c3cccnc3)C2)n1. The predicted molar refractivity (Wildman–Crippen MR) is 115 cm³/mol. The van der Waals surface area contributed by atoms with Gasteiger partial charge in [-0.25, -0.2) is 0 Å². The first-order valence-electron chi connectivity index (χ1n) is 10.0. The summed E-state index contributed by atoms with van der Waals surface area (Å²) in [4.78, 5) is 23.7. The van der Waals surface area contributed by atoms with E-state index in [4.69, 9.17) is 16.6 Å². The highest BCUT2D eigenvalue weighted by Gasteiger charge is 2.26. The van der Waals surface area contributed by atoms with Gasteiger partial charge in [-0.3, -0.25) is 14.8 Å². The van der Waals surface area contributed by atoms with Gasteiger partial charge < -0.3 is 4.90 Å². The third kappa shape index (κ3) is 4.65. The number of rotatable bonds is 4. The van der Waals surface area contributed by atoms with E-state index in [9.17, 15) is 4.79 Å². The molecule has 1 aliphatic heterocycles. The minimum atomic E-state index is 0.0479. The highest BCUT2D eigenvalue weighted by atomic mass is 35.5. The third-order valence-electron chi connectivity index (χ3n) is 5.42. The van der Waals surface area contributed by atoms with Crippen LogP contribution in [0.4, 0.5) is 0 Å². The van der Waals surface area contributed by atoms with Crippen molar-refractivity contribution in [3.8, 4) is 0 Å². The fourth-order valence-corrected chi connectivity index (χ4v) is 4.22. The molecule has 4 rings (SSSR count). The molecule has 1 amide bonds. The maximum atomic E-state index is 12.8. The lowest BCUT2D eigenvalue weighted by Crippen LogP contribution is -2.39. The van der Waals surface area contributed by atoms with Crippen molar-refractivity contribution >= 4 is 17.5 Å². The quantitative estimate of drug-likeness (QED) is 0.610. The van der Waals surface area contributed by atoms with Crippen molar-refractivity contribution in [3.05, 3.63) is 94.0 Å². The summed E-state index contributed by atoms with van der Waals surface area (Å²) >= 11 is 6.35. The van der Waals surface area contributed by atoms with E-state index < -0.39 is 0 Å². The summed E-state index contributed by atoms with van der Waals surface area (Å²) in [6.45, 7) is 3.50. The van der Waals surface area contributed by atoms with E-state index in [1.54, 1.807) is 18.5 Å². The number of aromatic nitrogens is 2. The average molecular weight is 406 g/mol. The van der Waals surface area contributed by atoms with Crippen LogP contribution in [0.15, 0.2) is 60.9 Å². The number of pyridine rings is 2. The van der Waals surface area contributed by atoms with Crippen LogP contribution < -0.4 is 0 Å². The highest BCUT2D eigenvalue weighted by molar-refractivity contribution is 6.31. The lowest BCUT2D eigenvalue weighted by atomic mass is 9.92. The number of piperidine rings is 1. The van der Waals surface area contributed by atoms with Gasteiger partial charge in [-0.05, 0) is 67.6 Å². The van der Waals surface area contributed by atoms with Crippen LogP contribution in [-0.4, -0.2) is 33.9 Å². The largest absolute Gasteiger partial charge is 0.338 e. The second kappa shape index (κ2) is 8.75. The molecular formula is C24H24ClN3O. The Labute approximate surface area is 176 Å². The summed E-state index contributed by atoms with van der Waals surface area (Å²) in [7, 11) is 0. The normalized spacial score (nSPS) is 16.6. The monoisotopic (exact) mass is 405 g/mol. The molecule has 1 atom stereocenters. The molecule has 1 fully saturated rings. The molecular weight excluding hydrogens is 382 g/mol. The van der Waals surface area contributed by atoms with Crippen molar-refractivity contribution in [3.63, 3.8) is 0 Å². The van der Waals surface area contributed by atoms with Gasteiger partial charge in [-0.15, -0.1) is 0 Å². The molecule has 0 spiro atoms. The minimum absolute atomic E-state index is 0.0479. The summed E-state index contributed by atoms with van der Waals surface area (Å²) in [5.74, 6) is 0.293. The molecule has 5 heteroatoms. The third-order valence-corrected chi connectivity index (χ3v) is 5.79. The second-order valence-electron chi connectivity index (χ2n) is 7.64. The van der Waals surface area contributed by atoms with Gasteiger partial charge in [0.25, 0.3) is 5.91 Å². The molecule has 148 valence electrons. The Balaban J connectivity index is 1.54. The lowest BCUT2D eigenvalue weighted by Gasteiger charge is -2.32. The number of likely N-dealkylation sites (tertiary alicyclic amines) is 1. The van der Waals surface area contributed by atoms with Crippen LogP contribution in [0.25, 0.3) is 0 Å². The molecule has 0 radical (unpaired) electrons. The van der Waals surface area contributed by atoms with Gasteiger partial charge in [0.05, 0.1) is 5.56 Å². The van der Waals surface area contributed by atoms with Gasteiger partial charge in [0.1, 0.15) is 0 Å². The summed E-state index contributed by atoms with van der Waals surface area (Å²) in [5, 5.41) is 0.787. The molecule has 29 heavy (non-hydrogen) atoms. The van der Waals surface area contributed by atoms with Crippen LogP contribution in [0, 0.1) is 6.92 Å². The van der Waals surface area contributed by atoms with E-state index in [2.05, 4.69) is 23.2 Å². The topological polar surface area (TPSA) is 46.1 Å². The Hall–Kier alpha value is -2.72. The molecule has 1 aromatic carbocycles. The number of hydrogen-bond acceptors (Lipinski definition) is 3. The van der Waals surface area contributed by atoms with Crippen molar-refractivity contribution in [2.24, 2.45) is 0 Å². The molecule has 0 bridgehead atoms. The number of nitrogens with zero attached hydrogens (tertiary/aromatic N) is 3. The van der Waals surface area contributed by atoms with Gasteiger partial charge in [-0.1, -0.05) is 29.8 Å². The fourth-order valence-electron chi connectivity index (χ4n) is 4.02. The van der Waals surface area contributed by atoms with Gasteiger partial charge in [-0.2, -0.15) is 0 Å². The Morgan fingerprint density at radius 2 is 2.07 bits per heavy atom. The van der Waals surface area contributed by atoms with E-state index in [1.165, 1.54) is 5.56 Å². The number of carbonyl (C=O) groups is 1. The molecule has 0 unspecified atom stereocenters. The molecule has 1 saturated heterocycles. The van der Waals surface area contributed by atoms with Gasteiger partial charge in [0.15, 0.2) is 0 Å². The summed E-state index contributed by atoms with van der Waals surface area (Å²) in [5.41, 5.74) is 5.03. The lowest BCUT2D eigenvalue weighted by molar-refractivity contribution is 0.0705. The summed E-state index contributed by atoms with van der Waals surface area (Å²) < 4.78 is 0. The first-order valence-corrected chi connectivity index (χ1v) is 10.4. The Bertz CT molecular complexity index is 1010. The van der Waals surface area contributed by atoms with Crippen molar-refractivity contribution in [1.82, 2.24) is 14.9 Å². The summed E-state index contributed by atoms with van der Waals surface area (Å²) in [6.07, 6.45) is 6.12. The number of amides is 1.